The van der Waals surface area contributed by atoms with Crippen molar-refractivity contribution in [2.45, 2.75) is 12.8 Å². The van der Waals surface area contributed by atoms with Crippen LogP contribution in [0.5, 0.6) is 0 Å². The number of hydrogen-bond acceptors (Lipinski definition) is 3. The number of fused-ring (bicyclic) bond motifs is 3. The van der Waals surface area contributed by atoms with Crippen molar-refractivity contribution in [1.29, 1.82) is 0 Å². The third-order valence-electron chi connectivity index (χ3n) is 3.12. The first-order valence-corrected chi connectivity index (χ1v) is 6.83. The largest absolute Gasteiger partial charge is 0.618 e. The first-order chi connectivity index (χ1) is 9.19. The molecule has 0 saturated carbocycles. The summed E-state index contributed by atoms with van der Waals surface area (Å²) in [6.45, 7) is 0.131. The number of rotatable bonds is 3. The molecule has 3 rings (SSSR count). The maximum atomic E-state index is 12.0. The number of nitrogens with zero attached hydrogens (tertiary/aromatic N) is 1. The molecule has 4 nitrogen and oxygen atoms in total. The van der Waals surface area contributed by atoms with Crippen LogP contribution in [0.15, 0.2) is 39.4 Å². The predicted octanol–water partition coefficient (Wildman–Crippen LogP) is 2.91. The fourth-order valence-electron chi connectivity index (χ4n) is 2.23. The standard InChI is InChI=1S/C14H12BrNO3/c15-9-3-4-11-12-7-10(2-1-5-17)19-14(12)8-16(18)13(11)6-9/h3-4,6-8,17H,1-2,5H2. The van der Waals surface area contributed by atoms with E-state index in [1.54, 1.807) is 6.07 Å². The summed E-state index contributed by atoms with van der Waals surface area (Å²) in [5, 5.41) is 22.6. The van der Waals surface area contributed by atoms with Gasteiger partial charge < -0.3 is 14.7 Å². The van der Waals surface area contributed by atoms with E-state index in [9.17, 15) is 5.21 Å². The second-order valence-electron chi connectivity index (χ2n) is 4.43. The van der Waals surface area contributed by atoms with Crippen LogP contribution in [-0.2, 0) is 6.42 Å². The molecule has 0 aliphatic carbocycles. The summed E-state index contributed by atoms with van der Waals surface area (Å²) >= 11 is 3.37. The van der Waals surface area contributed by atoms with E-state index in [1.807, 2.05) is 18.2 Å². The number of halogens is 1. The first-order valence-electron chi connectivity index (χ1n) is 6.04. The van der Waals surface area contributed by atoms with Crippen LogP contribution in [0.3, 0.4) is 0 Å². The topological polar surface area (TPSA) is 60.3 Å². The van der Waals surface area contributed by atoms with Crippen molar-refractivity contribution >= 4 is 37.8 Å². The maximum absolute atomic E-state index is 12.0. The van der Waals surface area contributed by atoms with E-state index >= 15 is 0 Å². The smallest absolute Gasteiger partial charge is 0.225 e. The van der Waals surface area contributed by atoms with E-state index in [0.717, 1.165) is 25.7 Å². The minimum Gasteiger partial charge on any atom is -0.618 e. The van der Waals surface area contributed by atoms with E-state index in [4.69, 9.17) is 9.52 Å². The van der Waals surface area contributed by atoms with Gasteiger partial charge in [0.15, 0.2) is 5.58 Å². The van der Waals surface area contributed by atoms with Crippen LogP contribution in [0.1, 0.15) is 12.2 Å². The molecule has 3 aromatic rings. The van der Waals surface area contributed by atoms with Crippen molar-refractivity contribution in [2.75, 3.05) is 6.61 Å². The van der Waals surface area contributed by atoms with Crippen LogP contribution in [0.4, 0.5) is 0 Å². The van der Waals surface area contributed by atoms with Crippen LogP contribution in [-0.4, -0.2) is 11.7 Å². The zero-order valence-corrected chi connectivity index (χ0v) is 11.7. The molecule has 0 unspecified atom stereocenters. The van der Waals surface area contributed by atoms with Gasteiger partial charge in [0, 0.05) is 29.0 Å². The molecular weight excluding hydrogens is 310 g/mol. The van der Waals surface area contributed by atoms with Gasteiger partial charge in [0.1, 0.15) is 5.76 Å². The van der Waals surface area contributed by atoms with Crippen molar-refractivity contribution in [3.8, 4) is 0 Å². The van der Waals surface area contributed by atoms with Gasteiger partial charge in [0.25, 0.3) is 0 Å². The fraction of sp³-hybridized carbons (Fsp3) is 0.214. The normalized spacial score (nSPS) is 11.5. The summed E-state index contributed by atoms with van der Waals surface area (Å²) in [6, 6.07) is 7.55. The number of pyridine rings is 1. The number of aliphatic hydroxyl groups excluding tert-OH is 1. The summed E-state index contributed by atoms with van der Waals surface area (Å²) in [5.41, 5.74) is 1.19. The highest BCUT2D eigenvalue weighted by Crippen LogP contribution is 2.28. The summed E-state index contributed by atoms with van der Waals surface area (Å²) in [4.78, 5) is 0. The number of aromatic nitrogens is 1. The summed E-state index contributed by atoms with van der Waals surface area (Å²) < 4.78 is 7.34. The van der Waals surface area contributed by atoms with Gasteiger partial charge in [-0.15, -0.1) is 0 Å². The molecule has 5 heteroatoms. The minimum absolute atomic E-state index is 0.131. The Hall–Kier alpha value is -1.59. The number of furan rings is 1. The lowest BCUT2D eigenvalue weighted by Gasteiger charge is -2.02. The van der Waals surface area contributed by atoms with Crippen molar-refractivity contribution in [1.82, 2.24) is 0 Å². The Bertz CT molecular complexity index is 751. The number of benzene rings is 1. The lowest BCUT2D eigenvalue weighted by atomic mass is 10.1. The Kier molecular flexibility index (Phi) is 3.16. The van der Waals surface area contributed by atoms with Crippen LogP contribution >= 0.6 is 15.9 Å². The molecule has 2 aromatic heterocycles. The number of hydrogen-bond donors (Lipinski definition) is 1. The van der Waals surface area contributed by atoms with Crippen LogP contribution < -0.4 is 4.73 Å². The summed E-state index contributed by atoms with van der Waals surface area (Å²) in [7, 11) is 0. The molecular formula is C14H12BrNO3. The molecule has 19 heavy (non-hydrogen) atoms. The van der Waals surface area contributed by atoms with Crippen molar-refractivity contribution in [2.24, 2.45) is 0 Å². The molecule has 0 radical (unpaired) electrons. The Balaban J connectivity index is 2.24. The van der Waals surface area contributed by atoms with E-state index < -0.39 is 0 Å². The second kappa shape index (κ2) is 4.83. The third kappa shape index (κ3) is 2.19. The van der Waals surface area contributed by atoms with Gasteiger partial charge in [0.2, 0.25) is 11.7 Å². The maximum Gasteiger partial charge on any atom is 0.225 e. The molecule has 1 N–H and O–H groups in total. The molecule has 0 aliphatic heterocycles. The Morgan fingerprint density at radius 3 is 2.89 bits per heavy atom. The Labute approximate surface area is 118 Å². The molecule has 0 bridgehead atoms. The molecule has 0 fully saturated rings. The first kappa shape index (κ1) is 12.4. The highest BCUT2D eigenvalue weighted by Gasteiger charge is 2.14. The number of aliphatic hydroxyl groups is 1. The van der Waals surface area contributed by atoms with Gasteiger partial charge >= 0.3 is 0 Å². The monoisotopic (exact) mass is 321 g/mol. The Morgan fingerprint density at radius 2 is 2.11 bits per heavy atom. The molecule has 0 saturated heterocycles. The van der Waals surface area contributed by atoms with E-state index in [2.05, 4.69) is 15.9 Å². The van der Waals surface area contributed by atoms with Gasteiger partial charge in [0.05, 0.1) is 5.39 Å². The minimum atomic E-state index is 0.131. The highest BCUT2D eigenvalue weighted by atomic mass is 79.9. The van der Waals surface area contributed by atoms with Gasteiger partial charge in [-0.1, -0.05) is 15.9 Å². The summed E-state index contributed by atoms with van der Waals surface area (Å²) in [6.07, 6.45) is 2.77. The zero-order valence-electron chi connectivity index (χ0n) is 10.1. The van der Waals surface area contributed by atoms with Crippen LogP contribution in [0, 0.1) is 5.21 Å². The highest BCUT2D eigenvalue weighted by molar-refractivity contribution is 9.10. The van der Waals surface area contributed by atoms with Gasteiger partial charge in [-0.2, -0.15) is 4.73 Å². The van der Waals surface area contributed by atoms with E-state index in [0.29, 0.717) is 23.9 Å². The number of aryl methyl sites for hydroxylation is 1. The zero-order chi connectivity index (χ0) is 13.4. The average Bonchev–Trinajstić information content (AvgIpc) is 2.79. The molecule has 0 amide bonds. The quantitative estimate of drug-likeness (QED) is 0.596. The lowest BCUT2D eigenvalue weighted by Crippen LogP contribution is -2.25. The van der Waals surface area contributed by atoms with E-state index in [-0.39, 0.29) is 6.61 Å². The third-order valence-corrected chi connectivity index (χ3v) is 3.61. The van der Waals surface area contributed by atoms with Crippen molar-refractivity contribution in [3.63, 3.8) is 0 Å². The van der Waals surface area contributed by atoms with Crippen molar-refractivity contribution < 1.29 is 14.3 Å². The molecule has 1 aromatic carbocycles. The average molecular weight is 322 g/mol. The molecule has 0 atom stereocenters. The van der Waals surface area contributed by atoms with E-state index in [1.165, 1.54) is 6.20 Å². The van der Waals surface area contributed by atoms with Gasteiger partial charge in [-0.25, -0.2) is 0 Å². The molecule has 2 heterocycles. The molecule has 0 aliphatic rings. The van der Waals surface area contributed by atoms with Gasteiger partial charge in [-0.3, -0.25) is 0 Å². The lowest BCUT2D eigenvalue weighted by molar-refractivity contribution is -0.575. The predicted molar refractivity (Wildman–Crippen MR) is 75.8 cm³/mol. The Morgan fingerprint density at radius 1 is 1.26 bits per heavy atom. The SMILES string of the molecule is [O-][n+]1cc2oc(CCCO)cc2c2ccc(Br)cc21. The molecule has 98 valence electrons. The second-order valence-corrected chi connectivity index (χ2v) is 5.35. The summed E-state index contributed by atoms with van der Waals surface area (Å²) in [5.74, 6) is 0.791. The fourth-order valence-corrected chi connectivity index (χ4v) is 2.58. The van der Waals surface area contributed by atoms with Crippen molar-refractivity contribution in [3.05, 3.63) is 45.9 Å². The van der Waals surface area contributed by atoms with Gasteiger partial charge in [-0.05, 0) is 24.6 Å². The molecule has 0 spiro atoms. The van der Waals surface area contributed by atoms with Crippen LogP contribution in [0.2, 0.25) is 0 Å². The van der Waals surface area contributed by atoms with Crippen LogP contribution in [0.25, 0.3) is 21.9 Å².